The molecule has 1 amide bonds. The number of carbonyl (C=O) groups excluding carboxylic acids is 1. The van der Waals surface area contributed by atoms with Gasteiger partial charge < -0.3 is 19.0 Å². The molecule has 1 saturated heterocycles. The molecular formula is C26H32N4O3. The normalized spacial score (nSPS) is 15.5. The van der Waals surface area contributed by atoms with Crippen molar-refractivity contribution in [2.24, 2.45) is 0 Å². The molecule has 1 atom stereocenters. The first kappa shape index (κ1) is 23.0. The first-order valence-corrected chi connectivity index (χ1v) is 11.5. The molecule has 2 heterocycles. The summed E-state index contributed by atoms with van der Waals surface area (Å²) in [6.45, 7) is 3.97. The molecule has 33 heavy (non-hydrogen) atoms. The average Bonchev–Trinajstić information content (AvgIpc) is 3.50. The van der Waals surface area contributed by atoms with Crippen molar-refractivity contribution in [3.63, 3.8) is 0 Å². The van der Waals surface area contributed by atoms with Gasteiger partial charge in [-0.1, -0.05) is 29.8 Å². The number of carbonyl (C=O) groups is 1. The van der Waals surface area contributed by atoms with E-state index in [1.54, 1.807) is 0 Å². The summed E-state index contributed by atoms with van der Waals surface area (Å²) >= 11 is 0. The maximum Gasteiger partial charge on any atom is 0.247 e. The first-order chi connectivity index (χ1) is 16.0. The Morgan fingerprint density at radius 2 is 1.82 bits per heavy atom. The third-order valence-electron chi connectivity index (χ3n) is 5.94. The predicted molar refractivity (Wildman–Crippen MR) is 128 cm³/mol. The molecule has 2 aromatic carbocycles. The molecule has 1 aliphatic rings. The van der Waals surface area contributed by atoms with Crippen LogP contribution in [0.5, 0.6) is 0 Å². The van der Waals surface area contributed by atoms with Crippen LogP contribution in [0.15, 0.2) is 52.9 Å². The fourth-order valence-corrected chi connectivity index (χ4v) is 3.95. The lowest BCUT2D eigenvalue weighted by Gasteiger charge is -2.26. The first-order valence-electron chi connectivity index (χ1n) is 11.5. The Labute approximate surface area is 195 Å². The Bertz CT molecular complexity index is 1040. The fraction of sp³-hybridized carbons (Fsp3) is 0.423. The van der Waals surface area contributed by atoms with Gasteiger partial charge in [-0.3, -0.25) is 4.79 Å². The SMILES string of the molecule is Cc1ccc(-c2nnc(CCC(=O)N(Cc3ccc(N(C)C)cc3)CC3CCCO3)o2)cc1. The average molecular weight is 449 g/mol. The van der Waals surface area contributed by atoms with Crippen molar-refractivity contribution in [1.82, 2.24) is 15.1 Å². The van der Waals surface area contributed by atoms with Gasteiger partial charge in [-0.2, -0.15) is 0 Å². The summed E-state index contributed by atoms with van der Waals surface area (Å²) in [7, 11) is 4.04. The highest BCUT2D eigenvalue weighted by Gasteiger charge is 2.23. The van der Waals surface area contributed by atoms with Crippen LogP contribution in [-0.4, -0.2) is 54.4 Å². The van der Waals surface area contributed by atoms with Gasteiger partial charge in [0.25, 0.3) is 0 Å². The van der Waals surface area contributed by atoms with Crippen LogP contribution in [0.1, 0.15) is 36.3 Å². The quantitative estimate of drug-likeness (QED) is 0.487. The molecule has 0 N–H and O–H groups in total. The highest BCUT2D eigenvalue weighted by atomic mass is 16.5. The molecule has 0 saturated carbocycles. The van der Waals surface area contributed by atoms with Gasteiger partial charge in [-0.05, 0) is 49.6 Å². The fourth-order valence-electron chi connectivity index (χ4n) is 3.95. The standard InChI is InChI=1S/C26H32N4O3/c1-19-6-10-21(11-7-19)26-28-27-24(33-26)14-15-25(31)30(18-23-5-4-16-32-23)17-20-8-12-22(13-9-20)29(2)3/h6-13,23H,4-5,14-18H2,1-3H3. The van der Waals surface area contributed by atoms with Crippen molar-refractivity contribution in [2.75, 3.05) is 32.1 Å². The Hall–Kier alpha value is -3.19. The molecule has 4 rings (SSSR count). The molecule has 1 unspecified atom stereocenters. The van der Waals surface area contributed by atoms with E-state index in [0.29, 0.717) is 37.7 Å². The minimum absolute atomic E-state index is 0.0669. The van der Waals surface area contributed by atoms with E-state index in [4.69, 9.17) is 9.15 Å². The number of hydrogen-bond donors (Lipinski definition) is 0. The second-order valence-electron chi connectivity index (χ2n) is 8.84. The highest BCUT2D eigenvalue weighted by Crippen LogP contribution is 2.21. The Balaban J connectivity index is 1.39. The molecular weight excluding hydrogens is 416 g/mol. The Kier molecular flexibility index (Phi) is 7.40. The van der Waals surface area contributed by atoms with E-state index in [2.05, 4.69) is 39.4 Å². The number of rotatable bonds is 9. The van der Waals surface area contributed by atoms with E-state index >= 15 is 0 Å². The van der Waals surface area contributed by atoms with Gasteiger partial charge in [-0.15, -0.1) is 10.2 Å². The van der Waals surface area contributed by atoms with E-state index in [-0.39, 0.29) is 12.0 Å². The zero-order valence-electron chi connectivity index (χ0n) is 19.7. The van der Waals surface area contributed by atoms with E-state index in [9.17, 15) is 4.79 Å². The molecule has 0 spiro atoms. The molecule has 1 aromatic heterocycles. The second kappa shape index (κ2) is 10.6. The van der Waals surface area contributed by atoms with Gasteiger partial charge in [0.05, 0.1) is 6.10 Å². The van der Waals surface area contributed by atoms with Crippen LogP contribution in [0.25, 0.3) is 11.5 Å². The lowest BCUT2D eigenvalue weighted by molar-refractivity contribution is -0.133. The molecule has 7 nitrogen and oxygen atoms in total. The number of hydrogen-bond acceptors (Lipinski definition) is 6. The molecule has 3 aromatic rings. The summed E-state index contributed by atoms with van der Waals surface area (Å²) < 4.78 is 11.6. The highest BCUT2D eigenvalue weighted by molar-refractivity contribution is 5.76. The van der Waals surface area contributed by atoms with E-state index < -0.39 is 0 Å². The number of aromatic nitrogens is 2. The van der Waals surface area contributed by atoms with Gasteiger partial charge in [0.15, 0.2) is 0 Å². The van der Waals surface area contributed by atoms with Crippen LogP contribution in [0.3, 0.4) is 0 Å². The lowest BCUT2D eigenvalue weighted by Crippen LogP contribution is -2.37. The minimum Gasteiger partial charge on any atom is -0.421 e. The lowest BCUT2D eigenvalue weighted by atomic mass is 10.1. The van der Waals surface area contributed by atoms with E-state index in [0.717, 1.165) is 36.3 Å². The molecule has 1 fully saturated rings. The van der Waals surface area contributed by atoms with E-state index in [1.165, 1.54) is 5.56 Å². The largest absolute Gasteiger partial charge is 0.421 e. The van der Waals surface area contributed by atoms with Gasteiger partial charge >= 0.3 is 0 Å². The van der Waals surface area contributed by atoms with E-state index in [1.807, 2.05) is 50.2 Å². The number of aryl methyl sites for hydroxylation is 2. The molecule has 174 valence electrons. The number of benzene rings is 2. The monoisotopic (exact) mass is 448 g/mol. The van der Waals surface area contributed by atoms with Crippen molar-refractivity contribution in [3.8, 4) is 11.5 Å². The van der Waals surface area contributed by atoms with Crippen LogP contribution < -0.4 is 4.90 Å². The van der Waals surface area contributed by atoms with Crippen LogP contribution in [-0.2, 0) is 22.5 Å². The number of anilines is 1. The Morgan fingerprint density at radius 3 is 2.48 bits per heavy atom. The number of nitrogens with zero attached hydrogens (tertiary/aromatic N) is 4. The molecule has 0 radical (unpaired) electrons. The summed E-state index contributed by atoms with van der Waals surface area (Å²) in [5, 5.41) is 8.29. The number of ether oxygens (including phenoxy) is 1. The Morgan fingerprint density at radius 1 is 1.06 bits per heavy atom. The van der Waals surface area contributed by atoms with Crippen LogP contribution in [0.2, 0.25) is 0 Å². The molecule has 7 heteroatoms. The zero-order chi connectivity index (χ0) is 23.2. The molecule has 0 bridgehead atoms. The van der Waals surface area contributed by atoms with Crippen molar-refractivity contribution < 1.29 is 13.9 Å². The van der Waals surface area contributed by atoms with Crippen LogP contribution >= 0.6 is 0 Å². The summed E-state index contributed by atoms with van der Waals surface area (Å²) in [6, 6.07) is 16.3. The molecule has 1 aliphatic heterocycles. The van der Waals surface area contributed by atoms with Crippen molar-refractivity contribution in [1.29, 1.82) is 0 Å². The van der Waals surface area contributed by atoms with Crippen molar-refractivity contribution in [2.45, 2.75) is 45.3 Å². The number of amides is 1. The zero-order valence-corrected chi connectivity index (χ0v) is 19.7. The summed E-state index contributed by atoms with van der Waals surface area (Å²) in [6.07, 6.45) is 2.88. The summed E-state index contributed by atoms with van der Waals surface area (Å²) in [5.41, 5.74) is 4.29. The third kappa shape index (κ3) is 6.20. The summed E-state index contributed by atoms with van der Waals surface area (Å²) in [5.74, 6) is 1.03. The second-order valence-corrected chi connectivity index (χ2v) is 8.84. The van der Waals surface area contributed by atoms with Gasteiger partial charge in [-0.25, -0.2) is 0 Å². The van der Waals surface area contributed by atoms with Crippen molar-refractivity contribution in [3.05, 3.63) is 65.5 Å². The van der Waals surface area contributed by atoms with Gasteiger partial charge in [0.1, 0.15) is 0 Å². The third-order valence-corrected chi connectivity index (χ3v) is 5.94. The van der Waals surface area contributed by atoms with Gasteiger partial charge in [0, 0.05) is 57.9 Å². The topological polar surface area (TPSA) is 71.7 Å². The predicted octanol–water partition coefficient (Wildman–Crippen LogP) is 4.25. The smallest absolute Gasteiger partial charge is 0.247 e. The van der Waals surface area contributed by atoms with Gasteiger partial charge in [0.2, 0.25) is 17.7 Å². The molecule has 0 aliphatic carbocycles. The minimum atomic E-state index is 0.0669. The van der Waals surface area contributed by atoms with Crippen molar-refractivity contribution >= 4 is 11.6 Å². The summed E-state index contributed by atoms with van der Waals surface area (Å²) in [4.78, 5) is 17.1. The maximum atomic E-state index is 13.2. The maximum absolute atomic E-state index is 13.2. The van der Waals surface area contributed by atoms with Crippen LogP contribution in [0.4, 0.5) is 5.69 Å². The van der Waals surface area contributed by atoms with Crippen LogP contribution in [0, 0.1) is 6.92 Å².